The molecule has 5 heteroatoms. The Morgan fingerprint density at radius 3 is 2.69 bits per heavy atom. The highest BCUT2D eigenvalue weighted by molar-refractivity contribution is 9.09. The second-order valence-electron chi connectivity index (χ2n) is 3.09. The number of rotatable bonds is 5. The van der Waals surface area contributed by atoms with Crippen LogP contribution in [0.5, 0.6) is 0 Å². The molecule has 0 fully saturated rings. The van der Waals surface area contributed by atoms with Crippen LogP contribution in [0.25, 0.3) is 0 Å². The molecule has 0 heterocycles. The molecular weight excluding hydrogens is 290 g/mol. The number of alkyl carbamates (subject to hydrolysis) is 1. The highest BCUT2D eigenvalue weighted by Gasteiger charge is 2.02. The fourth-order valence-electron chi connectivity index (χ4n) is 0.992. The third kappa shape index (κ3) is 5.23. The largest absolute Gasteiger partial charge is 0.445 e. The molecule has 0 aromatic heterocycles. The number of hydrogen-bond donors (Lipinski definition) is 1. The molecule has 1 N–H and O–H groups in total. The maximum absolute atomic E-state index is 11.2. The van der Waals surface area contributed by atoms with Crippen LogP contribution in [-0.4, -0.2) is 22.8 Å². The number of carbonyl (C=O) groups is 1. The molecule has 86 valence electrons. The van der Waals surface area contributed by atoms with Crippen molar-refractivity contribution in [2.45, 2.75) is 6.61 Å². The first-order valence-electron chi connectivity index (χ1n) is 4.74. The molecule has 1 aromatic carbocycles. The van der Waals surface area contributed by atoms with E-state index in [1.54, 1.807) is 0 Å². The minimum atomic E-state index is -0.452. The van der Waals surface area contributed by atoms with Crippen LogP contribution in [0.1, 0.15) is 5.56 Å². The van der Waals surface area contributed by atoms with Crippen molar-refractivity contribution in [2.24, 2.45) is 0 Å². The Balaban J connectivity index is 2.23. The molecule has 0 radical (unpaired) electrons. The highest BCUT2D eigenvalue weighted by Crippen LogP contribution is 2.00. The summed E-state index contributed by atoms with van der Waals surface area (Å²) in [5.41, 5.74) is 0.959. The predicted molar refractivity (Wildman–Crippen MR) is 71.0 cm³/mol. The van der Waals surface area contributed by atoms with Gasteiger partial charge in [0.15, 0.2) is 0 Å². The number of thiocarbonyl (C=S) groups is 1. The quantitative estimate of drug-likeness (QED) is 0.671. The Kier molecular flexibility index (Phi) is 6.03. The molecule has 16 heavy (non-hydrogen) atoms. The summed E-state index contributed by atoms with van der Waals surface area (Å²) in [6, 6.07) is 9.51. The van der Waals surface area contributed by atoms with Gasteiger partial charge in [0.05, 0.1) is 6.54 Å². The summed E-state index contributed by atoms with van der Waals surface area (Å²) in [6.45, 7) is 0.627. The van der Waals surface area contributed by atoms with Crippen molar-refractivity contribution < 1.29 is 9.53 Å². The van der Waals surface area contributed by atoms with Gasteiger partial charge in [0.2, 0.25) is 0 Å². The average molecular weight is 302 g/mol. The highest BCUT2D eigenvalue weighted by atomic mass is 79.9. The molecule has 0 aliphatic heterocycles. The smallest absolute Gasteiger partial charge is 0.407 e. The van der Waals surface area contributed by atoms with Gasteiger partial charge in [-0.2, -0.15) is 0 Å². The van der Waals surface area contributed by atoms with Crippen molar-refractivity contribution in [3.05, 3.63) is 35.9 Å². The summed E-state index contributed by atoms with van der Waals surface area (Å²) >= 11 is 8.14. The lowest BCUT2D eigenvalue weighted by Gasteiger charge is -2.06. The van der Waals surface area contributed by atoms with Gasteiger partial charge in [0.1, 0.15) is 6.61 Å². The Labute approximate surface area is 108 Å². The molecule has 0 saturated heterocycles. The van der Waals surface area contributed by atoms with E-state index >= 15 is 0 Å². The van der Waals surface area contributed by atoms with Gasteiger partial charge >= 0.3 is 6.09 Å². The maximum Gasteiger partial charge on any atom is 0.407 e. The molecule has 3 nitrogen and oxygen atoms in total. The van der Waals surface area contributed by atoms with Gasteiger partial charge in [-0.1, -0.05) is 58.5 Å². The van der Waals surface area contributed by atoms with Gasteiger partial charge in [0, 0.05) is 10.2 Å². The first-order valence-corrected chi connectivity index (χ1v) is 6.27. The van der Waals surface area contributed by atoms with Crippen molar-refractivity contribution >= 4 is 39.1 Å². The third-order valence-corrected chi connectivity index (χ3v) is 3.13. The Morgan fingerprint density at radius 2 is 2.06 bits per heavy atom. The molecular formula is C11H12BrNO2S. The van der Waals surface area contributed by atoms with E-state index in [-0.39, 0.29) is 6.61 Å². The van der Waals surface area contributed by atoms with E-state index in [1.807, 2.05) is 30.3 Å². The fourth-order valence-corrected chi connectivity index (χ4v) is 1.26. The van der Waals surface area contributed by atoms with Crippen LogP contribution in [-0.2, 0) is 11.3 Å². The third-order valence-electron chi connectivity index (χ3n) is 1.79. The van der Waals surface area contributed by atoms with Crippen molar-refractivity contribution in [3.63, 3.8) is 0 Å². The number of alkyl halides is 1. The van der Waals surface area contributed by atoms with E-state index in [0.717, 1.165) is 10.4 Å². The van der Waals surface area contributed by atoms with Gasteiger partial charge in [-0.05, 0) is 5.56 Å². The summed E-state index contributed by atoms with van der Waals surface area (Å²) in [5, 5.41) is 3.17. The van der Waals surface area contributed by atoms with E-state index in [2.05, 4.69) is 21.2 Å². The Morgan fingerprint density at radius 1 is 1.38 bits per heavy atom. The average Bonchev–Trinajstić information content (AvgIpc) is 2.34. The standard InChI is InChI=1S/C11H12BrNO2S/c12-6-10(16)7-13-11(14)15-8-9-4-2-1-3-5-9/h1-5H,6-8H2,(H,13,14). The van der Waals surface area contributed by atoms with Crippen molar-refractivity contribution in [3.8, 4) is 0 Å². The molecule has 0 aliphatic carbocycles. The van der Waals surface area contributed by atoms with Gasteiger partial charge < -0.3 is 10.1 Å². The zero-order valence-corrected chi connectivity index (χ0v) is 11.0. The van der Waals surface area contributed by atoms with E-state index in [9.17, 15) is 4.79 Å². The van der Waals surface area contributed by atoms with Crippen molar-refractivity contribution in [2.75, 3.05) is 11.9 Å². The van der Waals surface area contributed by atoms with Gasteiger partial charge in [0.25, 0.3) is 0 Å². The number of hydrogen-bond acceptors (Lipinski definition) is 3. The second kappa shape index (κ2) is 7.35. The molecule has 1 rings (SSSR count). The molecule has 0 saturated carbocycles. The zero-order chi connectivity index (χ0) is 11.8. The number of amides is 1. The van der Waals surface area contributed by atoms with Gasteiger partial charge in [-0.3, -0.25) is 0 Å². The molecule has 0 atom stereocenters. The zero-order valence-electron chi connectivity index (χ0n) is 8.61. The normalized spacial score (nSPS) is 9.56. The molecule has 0 unspecified atom stereocenters. The Bertz CT molecular complexity index is 356. The van der Waals surface area contributed by atoms with Gasteiger partial charge in [-0.15, -0.1) is 0 Å². The first-order chi connectivity index (χ1) is 7.72. The summed E-state index contributed by atoms with van der Waals surface area (Å²) in [4.78, 5) is 12.0. The molecule has 1 amide bonds. The van der Waals surface area contributed by atoms with Crippen LogP contribution >= 0.6 is 28.1 Å². The minimum absolute atomic E-state index is 0.272. The van der Waals surface area contributed by atoms with Crippen molar-refractivity contribution in [1.82, 2.24) is 5.32 Å². The van der Waals surface area contributed by atoms with Crippen LogP contribution in [0.2, 0.25) is 0 Å². The predicted octanol–water partition coefficient (Wildman–Crippen LogP) is 2.68. The lowest BCUT2D eigenvalue weighted by molar-refractivity contribution is 0.141. The van der Waals surface area contributed by atoms with Crippen LogP contribution in [0, 0.1) is 0 Å². The summed E-state index contributed by atoms with van der Waals surface area (Å²) in [5.74, 6) is 0. The summed E-state index contributed by atoms with van der Waals surface area (Å²) in [7, 11) is 0. The van der Waals surface area contributed by atoms with E-state index in [4.69, 9.17) is 17.0 Å². The Hall–Kier alpha value is -0.940. The van der Waals surface area contributed by atoms with E-state index in [0.29, 0.717) is 11.9 Å². The number of carbonyl (C=O) groups excluding carboxylic acids is 1. The first kappa shape index (κ1) is 13.1. The molecule has 0 bridgehead atoms. The van der Waals surface area contributed by atoms with Crippen LogP contribution in [0.15, 0.2) is 30.3 Å². The monoisotopic (exact) mass is 301 g/mol. The van der Waals surface area contributed by atoms with Crippen LogP contribution < -0.4 is 5.32 Å². The lowest BCUT2D eigenvalue weighted by Crippen LogP contribution is -2.29. The lowest BCUT2D eigenvalue weighted by atomic mass is 10.2. The summed E-state index contributed by atoms with van der Waals surface area (Å²) in [6.07, 6.45) is -0.452. The SMILES string of the molecule is O=C(NCC(=S)CBr)OCc1ccccc1. The number of benzene rings is 1. The maximum atomic E-state index is 11.2. The number of ether oxygens (including phenoxy) is 1. The topological polar surface area (TPSA) is 38.3 Å². The summed E-state index contributed by atoms with van der Waals surface area (Å²) < 4.78 is 5.00. The van der Waals surface area contributed by atoms with Gasteiger partial charge in [-0.25, -0.2) is 4.79 Å². The molecule has 0 aliphatic rings. The fraction of sp³-hybridized carbons (Fsp3) is 0.273. The van der Waals surface area contributed by atoms with Crippen LogP contribution in [0.3, 0.4) is 0 Å². The number of halogens is 1. The van der Waals surface area contributed by atoms with E-state index in [1.165, 1.54) is 0 Å². The number of nitrogens with one attached hydrogen (secondary N) is 1. The second-order valence-corrected chi connectivity index (χ2v) is 4.23. The van der Waals surface area contributed by atoms with Crippen molar-refractivity contribution in [1.29, 1.82) is 0 Å². The van der Waals surface area contributed by atoms with E-state index < -0.39 is 6.09 Å². The van der Waals surface area contributed by atoms with Crippen LogP contribution in [0.4, 0.5) is 4.79 Å². The molecule has 0 spiro atoms. The minimum Gasteiger partial charge on any atom is -0.445 e. The molecule has 1 aromatic rings.